The molecule has 0 spiro atoms. The summed E-state index contributed by atoms with van der Waals surface area (Å²) in [6, 6.07) is 6.43. The summed E-state index contributed by atoms with van der Waals surface area (Å²) in [6.07, 6.45) is -0.520. The number of amides is 1. The number of hydrogen-bond acceptors (Lipinski definition) is 4. The van der Waals surface area contributed by atoms with E-state index in [0.29, 0.717) is 11.4 Å². The number of hydrogen-bond donors (Lipinski definition) is 1. The monoisotopic (exact) mass is 271 g/mol. The topological polar surface area (TPSA) is 72.5 Å². The van der Waals surface area contributed by atoms with Crippen molar-refractivity contribution in [2.45, 2.75) is 30.5 Å². The van der Waals surface area contributed by atoms with E-state index in [2.05, 4.69) is 10.1 Å². The maximum atomic E-state index is 11.9. The molecule has 6 heteroatoms. The Bertz CT molecular complexity index is 505. The molecule has 0 fully saturated rings. The molecular weight excluding hydrogens is 254 g/mol. The van der Waals surface area contributed by atoms with Crippen LogP contribution in [0.3, 0.4) is 0 Å². The van der Waals surface area contributed by atoms with Crippen molar-refractivity contribution in [1.82, 2.24) is 5.32 Å². The Hall–Kier alpha value is -1.56. The highest BCUT2D eigenvalue weighted by atomic mass is 32.2. The van der Waals surface area contributed by atoms with E-state index in [9.17, 15) is 13.2 Å². The zero-order chi connectivity index (χ0) is 13.8. The van der Waals surface area contributed by atoms with Crippen LogP contribution < -0.4 is 5.32 Å². The van der Waals surface area contributed by atoms with E-state index in [-0.39, 0.29) is 0 Å². The van der Waals surface area contributed by atoms with Gasteiger partial charge in [-0.1, -0.05) is 12.1 Å². The first kappa shape index (κ1) is 14.5. The fourth-order valence-corrected chi connectivity index (χ4v) is 2.38. The van der Waals surface area contributed by atoms with Crippen molar-refractivity contribution >= 4 is 15.9 Å². The normalized spacial score (nSPS) is 11.3. The van der Waals surface area contributed by atoms with Gasteiger partial charge in [0.1, 0.15) is 0 Å². The molecule has 100 valence electrons. The van der Waals surface area contributed by atoms with E-state index in [1.54, 1.807) is 38.1 Å². The Labute approximate surface area is 107 Å². The van der Waals surface area contributed by atoms with Gasteiger partial charge in [-0.3, -0.25) is 0 Å². The molecule has 0 bridgehead atoms. The molecule has 0 saturated carbocycles. The third-order valence-corrected chi connectivity index (χ3v) is 4.67. The first-order valence-electron chi connectivity index (χ1n) is 5.52. The number of nitrogens with one attached hydrogen (secondary N) is 1. The summed E-state index contributed by atoms with van der Waals surface area (Å²) in [6.45, 7) is 3.58. The summed E-state index contributed by atoms with van der Waals surface area (Å²) in [7, 11) is -1.96. The Morgan fingerprint density at radius 1 is 1.28 bits per heavy atom. The lowest BCUT2D eigenvalue weighted by Crippen LogP contribution is -2.22. The van der Waals surface area contributed by atoms with E-state index >= 15 is 0 Å². The molecule has 0 heterocycles. The molecule has 0 aliphatic carbocycles. The molecule has 1 aromatic carbocycles. The van der Waals surface area contributed by atoms with Crippen LogP contribution in [0.25, 0.3) is 0 Å². The largest absolute Gasteiger partial charge is 0.453 e. The summed E-state index contributed by atoms with van der Waals surface area (Å²) in [5.74, 6) is 0. The first-order valence-corrected chi connectivity index (χ1v) is 7.07. The number of benzene rings is 1. The van der Waals surface area contributed by atoms with Crippen LogP contribution in [0.4, 0.5) is 4.79 Å². The Balaban J connectivity index is 2.78. The fourth-order valence-electron chi connectivity index (χ4n) is 1.32. The minimum atomic E-state index is -3.24. The van der Waals surface area contributed by atoms with Crippen LogP contribution in [0.1, 0.15) is 19.4 Å². The number of carbonyl (C=O) groups excluding carboxylic acids is 1. The highest BCUT2D eigenvalue weighted by Gasteiger charge is 2.18. The second-order valence-electron chi connectivity index (χ2n) is 4.08. The van der Waals surface area contributed by atoms with Crippen LogP contribution in [0.15, 0.2) is 29.2 Å². The van der Waals surface area contributed by atoms with Crippen LogP contribution in [-0.2, 0) is 21.1 Å². The highest BCUT2D eigenvalue weighted by Crippen LogP contribution is 2.16. The third kappa shape index (κ3) is 3.46. The van der Waals surface area contributed by atoms with E-state index < -0.39 is 21.2 Å². The maximum absolute atomic E-state index is 11.9. The van der Waals surface area contributed by atoms with Crippen molar-refractivity contribution < 1.29 is 17.9 Å². The van der Waals surface area contributed by atoms with Crippen molar-refractivity contribution in [3.05, 3.63) is 29.8 Å². The van der Waals surface area contributed by atoms with Crippen LogP contribution in [0, 0.1) is 0 Å². The summed E-state index contributed by atoms with van der Waals surface area (Å²) >= 11 is 0. The SMILES string of the molecule is COC(=O)NCc1ccc(S(=O)(=O)C(C)C)cc1. The van der Waals surface area contributed by atoms with Crippen molar-refractivity contribution in [2.75, 3.05) is 7.11 Å². The van der Waals surface area contributed by atoms with E-state index in [4.69, 9.17) is 0 Å². The average Bonchev–Trinajstić information content (AvgIpc) is 2.36. The van der Waals surface area contributed by atoms with Gasteiger partial charge in [0.2, 0.25) is 0 Å². The smallest absolute Gasteiger partial charge is 0.407 e. The lowest BCUT2D eigenvalue weighted by Gasteiger charge is -2.09. The molecular formula is C12H17NO4S. The van der Waals surface area contributed by atoms with Gasteiger partial charge in [-0.05, 0) is 31.5 Å². The second-order valence-corrected chi connectivity index (χ2v) is 6.59. The highest BCUT2D eigenvalue weighted by molar-refractivity contribution is 7.92. The van der Waals surface area contributed by atoms with Crippen LogP contribution in [0.2, 0.25) is 0 Å². The van der Waals surface area contributed by atoms with Crippen LogP contribution in [0.5, 0.6) is 0 Å². The predicted octanol–water partition coefficient (Wildman–Crippen LogP) is 1.72. The average molecular weight is 271 g/mol. The van der Waals surface area contributed by atoms with Crippen molar-refractivity contribution in [2.24, 2.45) is 0 Å². The fraction of sp³-hybridized carbons (Fsp3) is 0.417. The lowest BCUT2D eigenvalue weighted by atomic mass is 10.2. The first-order chi connectivity index (χ1) is 8.37. The minimum absolute atomic E-state index is 0.291. The molecule has 1 aromatic rings. The quantitative estimate of drug-likeness (QED) is 0.905. The van der Waals surface area contributed by atoms with Gasteiger partial charge in [0.25, 0.3) is 0 Å². The number of rotatable bonds is 4. The van der Waals surface area contributed by atoms with Gasteiger partial charge >= 0.3 is 6.09 Å². The molecule has 1 rings (SSSR count). The van der Waals surface area contributed by atoms with Gasteiger partial charge in [-0.15, -0.1) is 0 Å². The number of carbonyl (C=O) groups is 1. The molecule has 0 aromatic heterocycles. The molecule has 0 atom stereocenters. The summed E-state index contributed by atoms with van der Waals surface area (Å²) < 4.78 is 28.2. The molecule has 1 amide bonds. The summed E-state index contributed by atoms with van der Waals surface area (Å²) in [5.41, 5.74) is 0.808. The number of alkyl carbamates (subject to hydrolysis) is 1. The van der Waals surface area contributed by atoms with Crippen molar-refractivity contribution in [3.63, 3.8) is 0 Å². The van der Waals surface area contributed by atoms with E-state index in [1.807, 2.05) is 0 Å². The van der Waals surface area contributed by atoms with Crippen molar-refractivity contribution in [1.29, 1.82) is 0 Å². The van der Waals surface area contributed by atoms with E-state index in [0.717, 1.165) is 5.56 Å². The van der Waals surface area contributed by atoms with Crippen molar-refractivity contribution in [3.8, 4) is 0 Å². The molecule has 18 heavy (non-hydrogen) atoms. The van der Waals surface area contributed by atoms with Gasteiger partial charge in [0, 0.05) is 6.54 Å². The molecule has 0 aliphatic rings. The second kappa shape index (κ2) is 5.86. The Morgan fingerprint density at radius 2 is 1.83 bits per heavy atom. The van der Waals surface area contributed by atoms with Gasteiger partial charge in [-0.25, -0.2) is 13.2 Å². The number of ether oxygens (including phenoxy) is 1. The zero-order valence-corrected chi connectivity index (χ0v) is 11.5. The Kier molecular flexibility index (Phi) is 4.72. The third-order valence-electron chi connectivity index (χ3n) is 2.49. The zero-order valence-electron chi connectivity index (χ0n) is 10.6. The molecule has 5 nitrogen and oxygen atoms in total. The molecule has 0 unspecified atom stereocenters. The molecule has 0 aliphatic heterocycles. The van der Waals surface area contributed by atoms with E-state index in [1.165, 1.54) is 7.11 Å². The van der Waals surface area contributed by atoms with Gasteiger partial charge in [0.05, 0.1) is 17.3 Å². The Morgan fingerprint density at radius 3 is 2.28 bits per heavy atom. The summed E-state index contributed by atoms with van der Waals surface area (Å²) in [4.78, 5) is 11.2. The minimum Gasteiger partial charge on any atom is -0.453 e. The maximum Gasteiger partial charge on any atom is 0.407 e. The summed E-state index contributed by atoms with van der Waals surface area (Å²) in [5, 5.41) is 2.07. The standard InChI is InChI=1S/C12H17NO4S/c1-9(2)18(15,16)11-6-4-10(5-7-11)8-13-12(14)17-3/h4-7,9H,8H2,1-3H3,(H,13,14). The number of sulfone groups is 1. The molecule has 0 saturated heterocycles. The lowest BCUT2D eigenvalue weighted by molar-refractivity contribution is 0.170. The van der Waals surface area contributed by atoms with Gasteiger partial charge in [-0.2, -0.15) is 0 Å². The van der Waals surface area contributed by atoms with Crippen LogP contribution in [-0.4, -0.2) is 26.9 Å². The van der Waals surface area contributed by atoms with Gasteiger partial charge in [0.15, 0.2) is 9.84 Å². The predicted molar refractivity (Wildman–Crippen MR) is 68.0 cm³/mol. The van der Waals surface area contributed by atoms with Crippen LogP contribution >= 0.6 is 0 Å². The molecule has 0 radical (unpaired) electrons. The molecule has 1 N–H and O–H groups in total. The van der Waals surface area contributed by atoms with Gasteiger partial charge < -0.3 is 10.1 Å². The number of methoxy groups -OCH3 is 1.